The molecule has 1 aliphatic heterocycles. The smallest absolute Gasteiger partial charge is 0.224 e. The van der Waals surface area contributed by atoms with Gasteiger partial charge in [-0.15, -0.1) is 0 Å². The van der Waals surface area contributed by atoms with E-state index in [9.17, 15) is 4.79 Å². The molecule has 1 amide bonds. The zero-order valence-corrected chi connectivity index (χ0v) is 13.4. The first-order valence-electron chi connectivity index (χ1n) is 7.85. The quantitative estimate of drug-likeness (QED) is 0.876. The first-order chi connectivity index (χ1) is 10.1. The Morgan fingerprint density at radius 2 is 2.05 bits per heavy atom. The molecule has 2 rings (SSSR count). The number of anilines is 2. The van der Waals surface area contributed by atoms with Gasteiger partial charge in [-0.25, -0.2) is 0 Å². The van der Waals surface area contributed by atoms with Crippen LogP contribution in [0.25, 0.3) is 0 Å². The summed E-state index contributed by atoms with van der Waals surface area (Å²) in [6, 6.07) is 6.07. The number of hydrogen-bond acceptors (Lipinski definition) is 3. The predicted molar refractivity (Wildman–Crippen MR) is 89.0 cm³/mol. The Morgan fingerprint density at radius 3 is 2.71 bits per heavy atom. The number of piperidine rings is 1. The molecule has 0 unspecified atom stereocenters. The van der Waals surface area contributed by atoms with Gasteiger partial charge >= 0.3 is 0 Å². The van der Waals surface area contributed by atoms with Gasteiger partial charge in [0.2, 0.25) is 5.91 Å². The first kappa shape index (κ1) is 15.8. The van der Waals surface area contributed by atoms with Crippen LogP contribution in [0.2, 0.25) is 0 Å². The summed E-state index contributed by atoms with van der Waals surface area (Å²) >= 11 is 0. The molecule has 0 bridgehead atoms. The Labute approximate surface area is 127 Å². The van der Waals surface area contributed by atoms with Gasteiger partial charge in [0.25, 0.3) is 0 Å². The molecule has 1 saturated heterocycles. The molecule has 1 fully saturated rings. The van der Waals surface area contributed by atoms with Gasteiger partial charge in [0.1, 0.15) is 0 Å². The molecule has 0 atom stereocenters. The minimum Gasteiger partial charge on any atom is -0.377 e. The molecule has 0 spiro atoms. The molecule has 4 nitrogen and oxygen atoms in total. The molecular formula is C17H27N3O. The maximum atomic E-state index is 12.1. The van der Waals surface area contributed by atoms with Crippen LogP contribution >= 0.6 is 0 Å². The fourth-order valence-electron chi connectivity index (χ4n) is 2.90. The van der Waals surface area contributed by atoms with Crippen LogP contribution in [0.4, 0.5) is 11.4 Å². The number of nitrogens with zero attached hydrogens (tertiary/aromatic N) is 1. The molecule has 4 heteroatoms. The fourth-order valence-corrected chi connectivity index (χ4v) is 2.90. The highest BCUT2D eigenvalue weighted by Gasteiger charge is 2.14. The zero-order valence-electron chi connectivity index (χ0n) is 13.4. The molecule has 0 saturated carbocycles. The van der Waals surface area contributed by atoms with Gasteiger partial charge in [-0.05, 0) is 62.9 Å². The lowest BCUT2D eigenvalue weighted by molar-refractivity contribution is -0.116. The van der Waals surface area contributed by atoms with E-state index < -0.39 is 0 Å². The highest BCUT2D eigenvalue weighted by Crippen LogP contribution is 2.23. The summed E-state index contributed by atoms with van der Waals surface area (Å²) in [4.78, 5) is 14.2. The highest BCUT2D eigenvalue weighted by molar-refractivity contribution is 5.91. The molecule has 1 aromatic carbocycles. The summed E-state index contributed by atoms with van der Waals surface area (Å²) in [5.74, 6) is 0.828. The van der Waals surface area contributed by atoms with E-state index in [1.807, 2.05) is 26.2 Å². The summed E-state index contributed by atoms with van der Waals surface area (Å²) in [6.45, 7) is 4.27. The summed E-state index contributed by atoms with van der Waals surface area (Å²) in [6.07, 6.45) is 4.01. The van der Waals surface area contributed by atoms with Crippen molar-refractivity contribution >= 4 is 17.3 Å². The van der Waals surface area contributed by atoms with E-state index in [0.29, 0.717) is 12.3 Å². The lowest BCUT2D eigenvalue weighted by atomic mass is 9.93. The number of amides is 1. The van der Waals surface area contributed by atoms with Crippen molar-refractivity contribution in [1.29, 1.82) is 0 Å². The van der Waals surface area contributed by atoms with Gasteiger partial charge < -0.3 is 15.5 Å². The van der Waals surface area contributed by atoms with Gasteiger partial charge in [-0.3, -0.25) is 4.79 Å². The lowest BCUT2D eigenvalue weighted by Gasteiger charge is -2.22. The van der Waals surface area contributed by atoms with Crippen molar-refractivity contribution in [2.24, 2.45) is 5.92 Å². The molecular weight excluding hydrogens is 262 g/mol. The maximum absolute atomic E-state index is 12.1. The van der Waals surface area contributed by atoms with Crippen molar-refractivity contribution in [3.8, 4) is 0 Å². The van der Waals surface area contributed by atoms with E-state index in [1.165, 1.54) is 18.4 Å². The Hall–Kier alpha value is -1.55. The van der Waals surface area contributed by atoms with Crippen molar-refractivity contribution in [2.75, 3.05) is 37.4 Å². The molecule has 116 valence electrons. The summed E-state index contributed by atoms with van der Waals surface area (Å²) < 4.78 is 0. The topological polar surface area (TPSA) is 44.4 Å². The number of hydrogen-bond donors (Lipinski definition) is 2. The van der Waals surface area contributed by atoms with Crippen molar-refractivity contribution in [3.63, 3.8) is 0 Å². The van der Waals surface area contributed by atoms with E-state index in [-0.39, 0.29) is 5.91 Å². The number of benzene rings is 1. The normalized spacial score (nSPS) is 15.8. The van der Waals surface area contributed by atoms with Crippen molar-refractivity contribution in [1.82, 2.24) is 5.32 Å². The van der Waals surface area contributed by atoms with Crippen LogP contribution in [0.1, 0.15) is 31.2 Å². The lowest BCUT2D eigenvalue weighted by Crippen LogP contribution is -2.28. The summed E-state index contributed by atoms with van der Waals surface area (Å²) in [5.41, 5.74) is 3.25. The zero-order chi connectivity index (χ0) is 15.2. The highest BCUT2D eigenvalue weighted by atomic mass is 16.1. The van der Waals surface area contributed by atoms with Crippen LogP contribution in [0, 0.1) is 12.8 Å². The molecule has 0 radical (unpaired) electrons. The standard InChI is InChI=1S/C17H27N3O/c1-13-4-6-15(12-16(13)20(2)3)19-17(21)7-5-14-8-10-18-11-9-14/h4,6,12,14,18H,5,7-11H2,1-3H3,(H,19,21). The number of aryl methyl sites for hydroxylation is 1. The number of rotatable bonds is 5. The van der Waals surface area contributed by atoms with E-state index in [0.717, 1.165) is 30.9 Å². The molecule has 1 aliphatic rings. The predicted octanol–water partition coefficient (Wildman–Crippen LogP) is 2.78. The van der Waals surface area contributed by atoms with Gasteiger partial charge in [0, 0.05) is 31.9 Å². The van der Waals surface area contributed by atoms with Gasteiger partial charge in [-0.2, -0.15) is 0 Å². The third kappa shape index (κ3) is 4.74. The minimum absolute atomic E-state index is 0.127. The Bertz CT molecular complexity index is 479. The third-order valence-electron chi connectivity index (χ3n) is 4.21. The van der Waals surface area contributed by atoms with Crippen LogP contribution in [-0.4, -0.2) is 33.1 Å². The van der Waals surface area contributed by atoms with Gasteiger partial charge in [-0.1, -0.05) is 6.07 Å². The van der Waals surface area contributed by atoms with E-state index in [4.69, 9.17) is 0 Å². The number of carbonyl (C=O) groups is 1. The molecule has 1 aromatic rings. The van der Waals surface area contributed by atoms with Crippen LogP contribution in [0.3, 0.4) is 0 Å². The molecule has 21 heavy (non-hydrogen) atoms. The van der Waals surface area contributed by atoms with Crippen molar-refractivity contribution in [2.45, 2.75) is 32.6 Å². The average molecular weight is 289 g/mol. The monoisotopic (exact) mass is 289 g/mol. The second-order valence-corrected chi connectivity index (χ2v) is 6.18. The first-order valence-corrected chi connectivity index (χ1v) is 7.85. The Morgan fingerprint density at radius 1 is 1.33 bits per heavy atom. The minimum atomic E-state index is 0.127. The summed E-state index contributed by atoms with van der Waals surface area (Å²) in [5, 5.41) is 6.38. The van der Waals surface area contributed by atoms with E-state index >= 15 is 0 Å². The maximum Gasteiger partial charge on any atom is 0.224 e. The van der Waals surface area contributed by atoms with Crippen LogP contribution in [0.5, 0.6) is 0 Å². The largest absolute Gasteiger partial charge is 0.377 e. The second-order valence-electron chi connectivity index (χ2n) is 6.18. The Balaban J connectivity index is 1.85. The number of carbonyl (C=O) groups excluding carboxylic acids is 1. The van der Waals surface area contributed by atoms with Crippen molar-refractivity contribution < 1.29 is 4.79 Å². The van der Waals surface area contributed by atoms with Gasteiger partial charge in [0.05, 0.1) is 0 Å². The van der Waals surface area contributed by atoms with E-state index in [2.05, 4.69) is 28.5 Å². The van der Waals surface area contributed by atoms with Gasteiger partial charge in [0.15, 0.2) is 0 Å². The molecule has 0 aromatic heterocycles. The fraction of sp³-hybridized carbons (Fsp3) is 0.588. The third-order valence-corrected chi connectivity index (χ3v) is 4.21. The average Bonchev–Trinajstić information content (AvgIpc) is 2.48. The SMILES string of the molecule is Cc1ccc(NC(=O)CCC2CCNCC2)cc1N(C)C. The molecule has 1 heterocycles. The van der Waals surface area contributed by atoms with E-state index in [1.54, 1.807) is 0 Å². The van der Waals surface area contributed by atoms with Crippen LogP contribution in [0.15, 0.2) is 18.2 Å². The van der Waals surface area contributed by atoms with Crippen LogP contribution in [-0.2, 0) is 4.79 Å². The van der Waals surface area contributed by atoms with Crippen LogP contribution < -0.4 is 15.5 Å². The second kappa shape index (κ2) is 7.46. The summed E-state index contributed by atoms with van der Waals surface area (Å²) in [7, 11) is 4.04. The van der Waals surface area contributed by atoms with Crippen molar-refractivity contribution in [3.05, 3.63) is 23.8 Å². The Kier molecular flexibility index (Phi) is 5.62. The molecule has 0 aliphatic carbocycles. The molecule has 2 N–H and O–H groups in total. The number of nitrogens with one attached hydrogen (secondary N) is 2.